The molecule has 1 aliphatic rings. The van der Waals surface area contributed by atoms with Gasteiger partial charge in [-0.2, -0.15) is 0 Å². The van der Waals surface area contributed by atoms with Gasteiger partial charge in [-0.3, -0.25) is 0 Å². The molecule has 2 nitrogen and oxygen atoms in total. The van der Waals surface area contributed by atoms with Crippen molar-refractivity contribution in [1.29, 1.82) is 0 Å². The van der Waals surface area contributed by atoms with Crippen molar-refractivity contribution < 1.29 is 4.74 Å². The Bertz CT molecular complexity index is 292. The number of aryl methyl sites for hydroxylation is 1. The van der Waals surface area contributed by atoms with Gasteiger partial charge in [-0.25, -0.2) is 0 Å². The molecule has 0 saturated carbocycles. The fourth-order valence-electron chi connectivity index (χ4n) is 1.93. The Labute approximate surface area is 95.6 Å². The molecule has 0 atom stereocenters. The lowest BCUT2D eigenvalue weighted by atomic mass is 10.0. The fourth-order valence-corrected chi connectivity index (χ4v) is 2.79. The third-order valence-corrected chi connectivity index (χ3v) is 3.87. The summed E-state index contributed by atoms with van der Waals surface area (Å²) in [5.41, 5.74) is 0. The van der Waals surface area contributed by atoms with E-state index in [-0.39, 0.29) is 0 Å². The number of rotatable bonds is 4. The van der Waals surface area contributed by atoms with Gasteiger partial charge in [0.2, 0.25) is 0 Å². The second kappa shape index (κ2) is 5.64. The van der Waals surface area contributed by atoms with Crippen molar-refractivity contribution >= 4 is 11.3 Å². The van der Waals surface area contributed by atoms with Crippen LogP contribution < -0.4 is 5.32 Å². The van der Waals surface area contributed by atoms with Gasteiger partial charge >= 0.3 is 0 Å². The number of hydrogen-bond donors (Lipinski definition) is 1. The van der Waals surface area contributed by atoms with Crippen molar-refractivity contribution in [3.8, 4) is 0 Å². The number of thiophene rings is 1. The summed E-state index contributed by atoms with van der Waals surface area (Å²) in [5, 5.41) is 3.54. The van der Waals surface area contributed by atoms with Crippen LogP contribution in [0.15, 0.2) is 12.1 Å². The van der Waals surface area contributed by atoms with Crippen molar-refractivity contribution in [2.24, 2.45) is 5.92 Å². The number of nitrogens with one attached hydrogen (secondary N) is 1. The van der Waals surface area contributed by atoms with Gasteiger partial charge in [-0.15, -0.1) is 11.3 Å². The van der Waals surface area contributed by atoms with Crippen LogP contribution in [0.3, 0.4) is 0 Å². The van der Waals surface area contributed by atoms with E-state index in [0.717, 1.165) is 32.2 Å². The SMILES string of the molecule is Cc1ccc(CNCC2CCOCC2)s1. The summed E-state index contributed by atoms with van der Waals surface area (Å²) in [6.07, 6.45) is 2.44. The maximum atomic E-state index is 5.34. The number of hydrogen-bond acceptors (Lipinski definition) is 3. The average molecular weight is 225 g/mol. The Hall–Kier alpha value is -0.380. The molecule has 1 aromatic rings. The van der Waals surface area contributed by atoms with Gasteiger partial charge in [0.25, 0.3) is 0 Å². The lowest BCUT2D eigenvalue weighted by Gasteiger charge is -2.22. The lowest BCUT2D eigenvalue weighted by molar-refractivity contribution is 0.0662. The zero-order valence-electron chi connectivity index (χ0n) is 9.29. The Morgan fingerprint density at radius 1 is 1.40 bits per heavy atom. The van der Waals surface area contributed by atoms with Gasteiger partial charge in [-0.1, -0.05) is 0 Å². The van der Waals surface area contributed by atoms with E-state index in [1.54, 1.807) is 0 Å². The highest BCUT2D eigenvalue weighted by molar-refractivity contribution is 7.11. The first-order chi connectivity index (χ1) is 7.34. The molecule has 0 radical (unpaired) electrons. The van der Waals surface area contributed by atoms with Crippen LogP contribution >= 0.6 is 11.3 Å². The molecular formula is C12H19NOS. The van der Waals surface area contributed by atoms with Gasteiger partial charge in [0.1, 0.15) is 0 Å². The molecular weight excluding hydrogens is 206 g/mol. The first-order valence-electron chi connectivity index (χ1n) is 5.68. The van der Waals surface area contributed by atoms with Crippen molar-refractivity contribution in [3.63, 3.8) is 0 Å². The maximum absolute atomic E-state index is 5.34. The Morgan fingerprint density at radius 2 is 2.20 bits per heavy atom. The Balaban J connectivity index is 1.65. The summed E-state index contributed by atoms with van der Waals surface area (Å²) >= 11 is 1.89. The molecule has 0 amide bonds. The second-order valence-electron chi connectivity index (χ2n) is 4.20. The molecule has 1 aromatic heterocycles. The molecule has 0 bridgehead atoms. The normalized spacial score (nSPS) is 18.2. The van der Waals surface area contributed by atoms with E-state index in [4.69, 9.17) is 4.74 Å². The van der Waals surface area contributed by atoms with Gasteiger partial charge in [0, 0.05) is 29.5 Å². The van der Waals surface area contributed by atoms with Crippen LogP contribution in [0.1, 0.15) is 22.6 Å². The van der Waals surface area contributed by atoms with Crippen LogP contribution in [0.4, 0.5) is 0 Å². The minimum atomic E-state index is 0.819. The summed E-state index contributed by atoms with van der Waals surface area (Å²) in [6, 6.07) is 4.41. The first-order valence-corrected chi connectivity index (χ1v) is 6.50. The molecule has 0 spiro atoms. The van der Waals surface area contributed by atoms with Gasteiger partial charge in [-0.05, 0) is 44.4 Å². The highest BCUT2D eigenvalue weighted by Gasteiger charge is 2.12. The van der Waals surface area contributed by atoms with Crippen LogP contribution in [-0.2, 0) is 11.3 Å². The van der Waals surface area contributed by atoms with E-state index in [0.29, 0.717) is 0 Å². The van der Waals surface area contributed by atoms with E-state index in [2.05, 4.69) is 24.4 Å². The zero-order chi connectivity index (χ0) is 10.5. The maximum Gasteiger partial charge on any atom is 0.0469 e. The van der Waals surface area contributed by atoms with Crippen LogP contribution in [0, 0.1) is 12.8 Å². The predicted octanol–water partition coefficient (Wildman–Crippen LogP) is 2.57. The summed E-state index contributed by atoms with van der Waals surface area (Å²) in [7, 11) is 0. The minimum absolute atomic E-state index is 0.819. The molecule has 2 rings (SSSR count). The van der Waals surface area contributed by atoms with Gasteiger partial charge in [0.05, 0.1) is 0 Å². The molecule has 1 N–H and O–H groups in total. The van der Waals surface area contributed by atoms with Gasteiger partial charge < -0.3 is 10.1 Å². The monoisotopic (exact) mass is 225 g/mol. The van der Waals surface area contributed by atoms with E-state index in [9.17, 15) is 0 Å². The molecule has 0 unspecified atom stereocenters. The van der Waals surface area contributed by atoms with Gasteiger partial charge in [0.15, 0.2) is 0 Å². The smallest absolute Gasteiger partial charge is 0.0469 e. The zero-order valence-corrected chi connectivity index (χ0v) is 10.1. The van der Waals surface area contributed by atoms with Crippen molar-refractivity contribution in [1.82, 2.24) is 5.32 Å². The quantitative estimate of drug-likeness (QED) is 0.850. The van der Waals surface area contributed by atoms with Crippen LogP contribution in [0.25, 0.3) is 0 Å². The molecule has 1 aliphatic heterocycles. The molecule has 0 aromatic carbocycles. The molecule has 0 aliphatic carbocycles. The van der Waals surface area contributed by atoms with Crippen LogP contribution in [-0.4, -0.2) is 19.8 Å². The van der Waals surface area contributed by atoms with E-state index in [1.807, 2.05) is 11.3 Å². The highest BCUT2D eigenvalue weighted by atomic mass is 32.1. The molecule has 84 valence electrons. The van der Waals surface area contributed by atoms with Crippen molar-refractivity contribution in [2.45, 2.75) is 26.3 Å². The van der Waals surface area contributed by atoms with Crippen LogP contribution in [0.2, 0.25) is 0 Å². The van der Waals surface area contributed by atoms with E-state index >= 15 is 0 Å². The largest absolute Gasteiger partial charge is 0.381 e. The summed E-state index contributed by atoms with van der Waals surface area (Å²) < 4.78 is 5.34. The predicted molar refractivity (Wildman–Crippen MR) is 64.3 cm³/mol. The van der Waals surface area contributed by atoms with E-state index in [1.165, 1.54) is 22.6 Å². The third kappa shape index (κ3) is 3.59. The Morgan fingerprint density at radius 3 is 2.87 bits per heavy atom. The standard InChI is InChI=1S/C12H19NOS/c1-10-2-3-12(15-10)9-13-8-11-4-6-14-7-5-11/h2-3,11,13H,4-9H2,1H3. The minimum Gasteiger partial charge on any atom is -0.381 e. The topological polar surface area (TPSA) is 21.3 Å². The fraction of sp³-hybridized carbons (Fsp3) is 0.667. The van der Waals surface area contributed by atoms with Crippen molar-refractivity contribution in [3.05, 3.63) is 21.9 Å². The second-order valence-corrected chi connectivity index (χ2v) is 5.57. The summed E-state index contributed by atoms with van der Waals surface area (Å²) in [4.78, 5) is 2.84. The molecule has 15 heavy (non-hydrogen) atoms. The van der Waals surface area contributed by atoms with E-state index < -0.39 is 0 Å². The summed E-state index contributed by atoms with van der Waals surface area (Å²) in [5.74, 6) is 0.819. The molecule has 1 fully saturated rings. The first kappa shape index (κ1) is 11.1. The number of ether oxygens (including phenoxy) is 1. The molecule has 2 heterocycles. The average Bonchev–Trinajstić information content (AvgIpc) is 2.66. The molecule has 3 heteroatoms. The highest BCUT2D eigenvalue weighted by Crippen LogP contribution is 2.16. The van der Waals surface area contributed by atoms with Crippen molar-refractivity contribution in [2.75, 3.05) is 19.8 Å². The molecule has 1 saturated heterocycles. The lowest BCUT2D eigenvalue weighted by Crippen LogP contribution is -2.27. The summed E-state index contributed by atoms with van der Waals surface area (Å²) in [6.45, 7) is 6.22. The van der Waals surface area contributed by atoms with Crippen LogP contribution in [0.5, 0.6) is 0 Å². The Kier molecular flexibility index (Phi) is 4.18. The third-order valence-electron chi connectivity index (χ3n) is 2.87.